The average molecular weight is 248 g/mol. The van der Waals surface area contributed by atoms with Gasteiger partial charge in [-0.15, -0.1) is 0 Å². The van der Waals surface area contributed by atoms with Crippen molar-refractivity contribution < 1.29 is 9.53 Å². The molecule has 1 atom stereocenters. The molecule has 0 aliphatic carbocycles. The van der Waals surface area contributed by atoms with E-state index < -0.39 is 0 Å². The molecule has 1 unspecified atom stereocenters. The van der Waals surface area contributed by atoms with Crippen LogP contribution in [0.5, 0.6) is 5.75 Å². The van der Waals surface area contributed by atoms with Crippen LogP contribution in [0.4, 0.5) is 0 Å². The minimum Gasteiger partial charge on any atom is -0.493 e. The second-order valence-corrected chi connectivity index (χ2v) is 4.62. The van der Waals surface area contributed by atoms with E-state index in [1.807, 2.05) is 19.1 Å². The zero-order valence-corrected chi connectivity index (χ0v) is 10.7. The number of nitrogens with two attached hydrogens (primary N) is 1. The van der Waals surface area contributed by atoms with Gasteiger partial charge in [0.25, 0.3) is 0 Å². The minimum atomic E-state index is -0.149. The lowest BCUT2D eigenvalue weighted by Crippen LogP contribution is -2.32. The molecule has 1 aliphatic rings. The van der Waals surface area contributed by atoms with Gasteiger partial charge >= 0.3 is 0 Å². The predicted molar refractivity (Wildman–Crippen MR) is 70.7 cm³/mol. The Morgan fingerprint density at radius 3 is 3.17 bits per heavy atom. The number of carbonyl (C=O) groups excluding carboxylic acids is 1. The summed E-state index contributed by atoms with van der Waals surface area (Å²) in [7, 11) is 0. The molecule has 0 saturated carbocycles. The second kappa shape index (κ2) is 5.87. The summed E-state index contributed by atoms with van der Waals surface area (Å²) in [5, 5.41) is 2.82. The van der Waals surface area contributed by atoms with Crippen molar-refractivity contribution in [1.29, 1.82) is 0 Å². The van der Waals surface area contributed by atoms with Crippen LogP contribution in [0.15, 0.2) is 18.2 Å². The number of ether oxygens (including phenoxy) is 1. The molecule has 4 heteroatoms. The molecular weight excluding hydrogens is 228 g/mol. The number of carbonyl (C=O) groups is 1. The highest BCUT2D eigenvalue weighted by molar-refractivity contribution is 5.83. The van der Waals surface area contributed by atoms with Crippen molar-refractivity contribution in [2.75, 3.05) is 19.7 Å². The largest absolute Gasteiger partial charge is 0.493 e. The maximum Gasteiger partial charge on any atom is 0.227 e. The van der Waals surface area contributed by atoms with Crippen molar-refractivity contribution in [2.45, 2.75) is 25.7 Å². The van der Waals surface area contributed by atoms with E-state index in [1.54, 1.807) is 0 Å². The number of fused-ring (bicyclic) bond motifs is 1. The Morgan fingerprint density at radius 2 is 2.39 bits per heavy atom. The first-order chi connectivity index (χ1) is 8.72. The topological polar surface area (TPSA) is 64.4 Å². The van der Waals surface area contributed by atoms with Crippen LogP contribution >= 0.6 is 0 Å². The molecule has 3 N–H and O–H groups in total. The van der Waals surface area contributed by atoms with Crippen molar-refractivity contribution in [3.05, 3.63) is 29.3 Å². The van der Waals surface area contributed by atoms with Gasteiger partial charge in [-0.05, 0) is 37.0 Å². The first kappa shape index (κ1) is 12.9. The molecule has 4 nitrogen and oxygen atoms in total. The zero-order chi connectivity index (χ0) is 13.0. The summed E-state index contributed by atoms with van der Waals surface area (Å²) in [5.41, 5.74) is 7.62. The van der Waals surface area contributed by atoms with Crippen LogP contribution in [0.25, 0.3) is 0 Å². The third-order valence-electron chi connectivity index (χ3n) is 3.27. The number of aryl methyl sites for hydroxylation is 1. The third-order valence-corrected chi connectivity index (χ3v) is 3.27. The molecule has 0 aromatic heterocycles. The van der Waals surface area contributed by atoms with Crippen LogP contribution in [0, 0.1) is 0 Å². The molecule has 1 heterocycles. The maximum absolute atomic E-state index is 11.9. The lowest BCUT2D eigenvalue weighted by Gasteiger charge is -2.19. The normalized spacial score (nSPS) is 15.4. The van der Waals surface area contributed by atoms with Crippen LogP contribution in [0.1, 0.15) is 30.4 Å². The van der Waals surface area contributed by atoms with E-state index in [2.05, 4.69) is 11.4 Å². The molecule has 2 rings (SSSR count). The van der Waals surface area contributed by atoms with Gasteiger partial charge in [-0.1, -0.05) is 12.1 Å². The van der Waals surface area contributed by atoms with Gasteiger partial charge in [0.2, 0.25) is 5.91 Å². The molecule has 0 fully saturated rings. The molecule has 1 aliphatic heterocycles. The highest BCUT2D eigenvalue weighted by Gasteiger charge is 2.17. The molecule has 0 bridgehead atoms. The van der Waals surface area contributed by atoms with Gasteiger partial charge in [-0.3, -0.25) is 4.79 Å². The zero-order valence-electron chi connectivity index (χ0n) is 10.7. The summed E-state index contributed by atoms with van der Waals surface area (Å²) in [4.78, 5) is 11.9. The molecule has 98 valence electrons. The third kappa shape index (κ3) is 2.82. The van der Waals surface area contributed by atoms with E-state index in [-0.39, 0.29) is 11.8 Å². The van der Waals surface area contributed by atoms with Crippen LogP contribution in [0.2, 0.25) is 0 Å². The lowest BCUT2D eigenvalue weighted by atomic mass is 9.95. The van der Waals surface area contributed by atoms with E-state index in [0.717, 1.165) is 30.8 Å². The molecule has 0 radical (unpaired) electrons. The lowest BCUT2D eigenvalue weighted by molar-refractivity contribution is -0.122. The summed E-state index contributed by atoms with van der Waals surface area (Å²) < 4.78 is 5.57. The van der Waals surface area contributed by atoms with E-state index >= 15 is 0 Å². The van der Waals surface area contributed by atoms with Gasteiger partial charge in [-0.25, -0.2) is 0 Å². The Hall–Kier alpha value is -1.55. The van der Waals surface area contributed by atoms with E-state index in [4.69, 9.17) is 10.5 Å². The number of hydrogen-bond acceptors (Lipinski definition) is 3. The molecular formula is C14H20N2O2. The number of rotatable bonds is 4. The molecule has 1 aromatic carbocycles. The highest BCUT2D eigenvalue weighted by atomic mass is 16.5. The Morgan fingerprint density at radius 1 is 1.56 bits per heavy atom. The Labute approximate surface area is 108 Å². The molecule has 1 aromatic rings. The van der Waals surface area contributed by atoms with E-state index in [1.165, 1.54) is 5.56 Å². The molecule has 0 saturated heterocycles. The summed E-state index contributed by atoms with van der Waals surface area (Å²) in [6.45, 7) is 3.70. The van der Waals surface area contributed by atoms with Gasteiger partial charge in [-0.2, -0.15) is 0 Å². The van der Waals surface area contributed by atoms with E-state index in [0.29, 0.717) is 13.1 Å². The minimum absolute atomic E-state index is 0.0251. The monoisotopic (exact) mass is 248 g/mol. The van der Waals surface area contributed by atoms with Crippen molar-refractivity contribution >= 4 is 5.91 Å². The van der Waals surface area contributed by atoms with Gasteiger partial charge < -0.3 is 15.8 Å². The van der Waals surface area contributed by atoms with Crippen LogP contribution in [-0.2, 0) is 11.2 Å². The Kier molecular flexibility index (Phi) is 4.20. The predicted octanol–water partition coefficient (Wildman–Crippen LogP) is 1.19. The summed E-state index contributed by atoms with van der Waals surface area (Å²) >= 11 is 0. The Bertz CT molecular complexity index is 432. The maximum atomic E-state index is 11.9. The fraction of sp³-hybridized carbons (Fsp3) is 0.500. The van der Waals surface area contributed by atoms with Crippen LogP contribution in [0.3, 0.4) is 0 Å². The summed E-state index contributed by atoms with van der Waals surface area (Å²) in [5.74, 6) is 0.834. The summed E-state index contributed by atoms with van der Waals surface area (Å²) in [6.07, 6.45) is 2.07. The number of amides is 1. The quantitative estimate of drug-likeness (QED) is 0.841. The van der Waals surface area contributed by atoms with Gasteiger partial charge in [0, 0.05) is 13.1 Å². The fourth-order valence-electron chi connectivity index (χ4n) is 2.15. The van der Waals surface area contributed by atoms with Gasteiger partial charge in [0.15, 0.2) is 0 Å². The fourth-order valence-corrected chi connectivity index (χ4v) is 2.15. The smallest absolute Gasteiger partial charge is 0.227 e. The second-order valence-electron chi connectivity index (χ2n) is 4.62. The van der Waals surface area contributed by atoms with Crippen LogP contribution in [-0.4, -0.2) is 25.6 Å². The first-order valence-electron chi connectivity index (χ1n) is 6.46. The average Bonchev–Trinajstić information content (AvgIpc) is 2.43. The SMILES string of the molecule is CC(C(=O)NCCN)c1ccc2c(c1)CCCO2. The van der Waals surface area contributed by atoms with Gasteiger partial charge in [0.1, 0.15) is 5.75 Å². The van der Waals surface area contributed by atoms with Crippen molar-refractivity contribution in [2.24, 2.45) is 5.73 Å². The standard InChI is InChI=1S/C14H20N2O2/c1-10(14(17)16-7-6-15)11-4-5-13-12(9-11)3-2-8-18-13/h4-5,9-10H,2-3,6-8,15H2,1H3,(H,16,17). The number of benzene rings is 1. The molecule has 1 amide bonds. The summed E-state index contributed by atoms with van der Waals surface area (Å²) in [6, 6.07) is 6.02. The highest BCUT2D eigenvalue weighted by Crippen LogP contribution is 2.28. The van der Waals surface area contributed by atoms with Crippen molar-refractivity contribution in [3.63, 3.8) is 0 Å². The van der Waals surface area contributed by atoms with Crippen molar-refractivity contribution in [3.8, 4) is 5.75 Å². The van der Waals surface area contributed by atoms with Crippen LogP contribution < -0.4 is 15.8 Å². The van der Waals surface area contributed by atoms with Gasteiger partial charge in [0.05, 0.1) is 12.5 Å². The van der Waals surface area contributed by atoms with E-state index in [9.17, 15) is 4.79 Å². The Balaban J connectivity index is 2.10. The molecule has 18 heavy (non-hydrogen) atoms. The molecule has 0 spiro atoms. The number of hydrogen-bond donors (Lipinski definition) is 2. The first-order valence-corrected chi connectivity index (χ1v) is 6.46. The number of nitrogens with one attached hydrogen (secondary N) is 1. The van der Waals surface area contributed by atoms with Crippen molar-refractivity contribution in [1.82, 2.24) is 5.32 Å².